The van der Waals surface area contributed by atoms with E-state index < -0.39 is 0 Å². The second kappa shape index (κ2) is 7.57. The number of aryl methyl sites for hydroxylation is 1. The van der Waals surface area contributed by atoms with Crippen LogP contribution < -0.4 is 10.6 Å². The van der Waals surface area contributed by atoms with Gasteiger partial charge in [-0.2, -0.15) is 0 Å². The molecule has 2 unspecified atom stereocenters. The van der Waals surface area contributed by atoms with Crippen LogP contribution in [0.1, 0.15) is 37.4 Å². The van der Waals surface area contributed by atoms with Gasteiger partial charge in [0.05, 0.1) is 19.3 Å². The molecule has 1 heterocycles. The van der Waals surface area contributed by atoms with Gasteiger partial charge in [0, 0.05) is 19.0 Å². The van der Waals surface area contributed by atoms with Crippen LogP contribution in [0.25, 0.3) is 0 Å². The monoisotopic (exact) mass is 290 g/mol. The van der Waals surface area contributed by atoms with Crippen molar-refractivity contribution < 1.29 is 9.53 Å². The zero-order valence-electron chi connectivity index (χ0n) is 13.2. The number of hydrogen-bond acceptors (Lipinski definition) is 3. The van der Waals surface area contributed by atoms with Gasteiger partial charge in [-0.1, -0.05) is 38.1 Å². The average Bonchev–Trinajstić information content (AvgIpc) is 2.46. The molecule has 0 aliphatic carbocycles. The maximum atomic E-state index is 12.3. The first-order valence-electron chi connectivity index (χ1n) is 7.74. The summed E-state index contributed by atoms with van der Waals surface area (Å²) < 4.78 is 5.40. The van der Waals surface area contributed by atoms with Crippen molar-refractivity contribution in [1.29, 1.82) is 0 Å². The molecule has 1 aliphatic rings. The Morgan fingerprint density at radius 1 is 1.43 bits per heavy atom. The summed E-state index contributed by atoms with van der Waals surface area (Å²) in [5, 5.41) is 6.50. The quantitative estimate of drug-likeness (QED) is 0.874. The van der Waals surface area contributed by atoms with Crippen molar-refractivity contribution in [3.05, 3.63) is 35.4 Å². The third-order valence-electron chi connectivity index (χ3n) is 3.94. The van der Waals surface area contributed by atoms with Crippen molar-refractivity contribution in [3.63, 3.8) is 0 Å². The van der Waals surface area contributed by atoms with Crippen molar-refractivity contribution in [1.82, 2.24) is 10.6 Å². The highest BCUT2D eigenvalue weighted by atomic mass is 16.5. The summed E-state index contributed by atoms with van der Waals surface area (Å²) in [5.41, 5.74) is 2.42. The molecule has 1 saturated heterocycles. The van der Waals surface area contributed by atoms with Gasteiger partial charge in [-0.05, 0) is 24.0 Å². The normalized spacial score (nSPS) is 20.3. The van der Waals surface area contributed by atoms with Crippen molar-refractivity contribution in [2.75, 3.05) is 19.8 Å². The molecule has 2 N–H and O–H groups in total. The number of carbonyl (C=O) groups is 1. The molecule has 1 aromatic rings. The molecule has 1 aliphatic heterocycles. The Morgan fingerprint density at radius 3 is 2.81 bits per heavy atom. The molecule has 2 atom stereocenters. The molecule has 0 bridgehead atoms. The van der Waals surface area contributed by atoms with Crippen LogP contribution in [0.3, 0.4) is 0 Å². The standard InChI is InChI=1S/C17H26N2O2/c1-12(2)17(15-7-5-4-6-13(15)3)19-16(20)10-14-11-21-9-8-18-14/h4-7,12,14,17-18H,8-11H2,1-3H3,(H,19,20). The molecular weight excluding hydrogens is 264 g/mol. The number of ether oxygens (including phenoxy) is 1. The number of amides is 1. The fraction of sp³-hybridized carbons (Fsp3) is 0.588. The predicted octanol–water partition coefficient (Wildman–Crippen LogP) is 2.19. The second-order valence-electron chi connectivity index (χ2n) is 6.08. The Kier molecular flexibility index (Phi) is 5.76. The second-order valence-corrected chi connectivity index (χ2v) is 6.08. The summed E-state index contributed by atoms with van der Waals surface area (Å²) in [4.78, 5) is 12.3. The van der Waals surface area contributed by atoms with Crippen molar-refractivity contribution in [3.8, 4) is 0 Å². The Hall–Kier alpha value is -1.39. The largest absolute Gasteiger partial charge is 0.378 e. The van der Waals surface area contributed by atoms with Gasteiger partial charge in [-0.25, -0.2) is 0 Å². The summed E-state index contributed by atoms with van der Waals surface area (Å²) in [5.74, 6) is 0.436. The van der Waals surface area contributed by atoms with Gasteiger partial charge in [-0.3, -0.25) is 4.79 Å². The molecule has 4 nitrogen and oxygen atoms in total. The first kappa shape index (κ1) is 16.0. The van der Waals surface area contributed by atoms with Crippen LogP contribution in [-0.2, 0) is 9.53 Å². The molecule has 21 heavy (non-hydrogen) atoms. The SMILES string of the molecule is Cc1ccccc1C(NC(=O)CC1COCCN1)C(C)C. The molecule has 0 saturated carbocycles. The topological polar surface area (TPSA) is 50.4 Å². The van der Waals surface area contributed by atoms with E-state index in [0.717, 1.165) is 13.2 Å². The van der Waals surface area contributed by atoms with Crippen LogP contribution in [0.5, 0.6) is 0 Å². The predicted molar refractivity (Wildman–Crippen MR) is 84.1 cm³/mol. The van der Waals surface area contributed by atoms with Crippen LogP contribution in [0.15, 0.2) is 24.3 Å². The molecule has 0 aromatic heterocycles. The van der Waals surface area contributed by atoms with Crippen molar-refractivity contribution in [2.24, 2.45) is 5.92 Å². The molecule has 116 valence electrons. The van der Waals surface area contributed by atoms with E-state index in [1.807, 2.05) is 12.1 Å². The minimum absolute atomic E-state index is 0.0585. The van der Waals surface area contributed by atoms with Crippen LogP contribution in [0, 0.1) is 12.8 Å². The zero-order valence-corrected chi connectivity index (χ0v) is 13.2. The molecule has 1 amide bonds. The van der Waals surface area contributed by atoms with E-state index >= 15 is 0 Å². The van der Waals surface area contributed by atoms with Crippen LogP contribution in [0.2, 0.25) is 0 Å². The summed E-state index contributed by atoms with van der Waals surface area (Å²) in [6.45, 7) is 8.54. The van der Waals surface area contributed by atoms with E-state index in [2.05, 4.69) is 43.5 Å². The number of hydrogen-bond donors (Lipinski definition) is 2. The van der Waals surface area contributed by atoms with Crippen molar-refractivity contribution >= 4 is 5.91 Å². The minimum Gasteiger partial charge on any atom is -0.378 e. The van der Waals surface area contributed by atoms with Gasteiger partial charge >= 0.3 is 0 Å². The number of rotatable bonds is 5. The molecular formula is C17H26N2O2. The fourth-order valence-electron chi connectivity index (χ4n) is 2.75. The highest BCUT2D eigenvalue weighted by Crippen LogP contribution is 2.24. The van der Waals surface area contributed by atoms with Crippen molar-refractivity contribution in [2.45, 2.75) is 39.3 Å². The summed E-state index contributed by atoms with van der Waals surface area (Å²) in [7, 11) is 0. The maximum absolute atomic E-state index is 12.3. The van der Waals surface area contributed by atoms with Gasteiger partial charge in [0.1, 0.15) is 0 Å². The number of benzene rings is 1. The number of morpholine rings is 1. The van der Waals surface area contributed by atoms with E-state index in [1.54, 1.807) is 0 Å². The van der Waals surface area contributed by atoms with Gasteiger partial charge in [0.15, 0.2) is 0 Å². The van der Waals surface area contributed by atoms with Gasteiger partial charge in [-0.15, -0.1) is 0 Å². The Balaban J connectivity index is 1.99. The van der Waals surface area contributed by atoms with Gasteiger partial charge < -0.3 is 15.4 Å². The third-order valence-corrected chi connectivity index (χ3v) is 3.94. The Labute approximate surface area is 127 Å². The molecule has 0 spiro atoms. The summed E-state index contributed by atoms with van der Waals surface area (Å²) in [6.07, 6.45) is 0.467. The summed E-state index contributed by atoms with van der Waals surface area (Å²) in [6, 6.07) is 8.43. The summed E-state index contributed by atoms with van der Waals surface area (Å²) >= 11 is 0. The number of carbonyl (C=O) groups excluding carboxylic acids is 1. The van der Waals surface area contributed by atoms with Crippen LogP contribution >= 0.6 is 0 Å². The molecule has 1 fully saturated rings. The number of nitrogens with one attached hydrogen (secondary N) is 2. The Morgan fingerprint density at radius 2 is 2.19 bits per heavy atom. The smallest absolute Gasteiger partial charge is 0.222 e. The highest BCUT2D eigenvalue weighted by Gasteiger charge is 2.22. The Bertz CT molecular complexity index is 468. The molecule has 0 radical (unpaired) electrons. The van der Waals surface area contributed by atoms with Crippen LogP contribution in [-0.4, -0.2) is 31.7 Å². The lowest BCUT2D eigenvalue weighted by Crippen LogP contribution is -2.45. The lowest BCUT2D eigenvalue weighted by molar-refractivity contribution is -0.123. The maximum Gasteiger partial charge on any atom is 0.222 e. The van der Waals surface area contributed by atoms with E-state index in [4.69, 9.17) is 4.74 Å². The fourth-order valence-corrected chi connectivity index (χ4v) is 2.75. The molecule has 2 rings (SSSR count). The van der Waals surface area contributed by atoms with Crippen LogP contribution in [0.4, 0.5) is 0 Å². The lowest BCUT2D eigenvalue weighted by atomic mass is 9.92. The first-order chi connectivity index (χ1) is 10.1. The van der Waals surface area contributed by atoms with E-state index in [-0.39, 0.29) is 18.0 Å². The van der Waals surface area contributed by atoms with Gasteiger partial charge in [0.25, 0.3) is 0 Å². The molecule has 4 heteroatoms. The highest BCUT2D eigenvalue weighted by molar-refractivity contribution is 5.77. The average molecular weight is 290 g/mol. The zero-order chi connectivity index (χ0) is 15.2. The lowest BCUT2D eigenvalue weighted by Gasteiger charge is -2.27. The molecule has 1 aromatic carbocycles. The van der Waals surface area contributed by atoms with E-state index in [1.165, 1.54) is 11.1 Å². The van der Waals surface area contributed by atoms with E-state index in [9.17, 15) is 4.79 Å². The minimum atomic E-state index is 0.0585. The van der Waals surface area contributed by atoms with E-state index in [0.29, 0.717) is 18.9 Å². The third kappa shape index (κ3) is 4.55. The first-order valence-corrected chi connectivity index (χ1v) is 7.74. The van der Waals surface area contributed by atoms with Gasteiger partial charge in [0.2, 0.25) is 5.91 Å².